The second kappa shape index (κ2) is 12.1. The number of sulfonamides is 1. The molecule has 7 nitrogen and oxygen atoms in total. The molecule has 0 aliphatic heterocycles. The fraction of sp³-hybridized carbons (Fsp3) is 0.273. The van der Waals surface area contributed by atoms with Gasteiger partial charge in [-0.05, 0) is 67.0 Å². The number of ether oxygens (including phenoxy) is 1. The molecule has 0 saturated carbocycles. The van der Waals surface area contributed by atoms with Crippen LogP contribution in [0.15, 0.2) is 64.5 Å². The molecule has 2 rings (SSSR count). The molecule has 0 heterocycles. The number of amides is 1. The van der Waals surface area contributed by atoms with E-state index < -0.39 is 15.9 Å². The molecule has 0 aliphatic carbocycles. The molecule has 2 aromatic rings. The molecule has 10 heteroatoms. The molecule has 0 spiro atoms. The van der Waals surface area contributed by atoms with E-state index in [1.54, 1.807) is 30.3 Å². The molecule has 0 aliphatic rings. The monoisotopic (exact) mass is 539 g/mol. The average molecular weight is 541 g/mol. The molecule has 3 N–H and O–H groups in total. The normalized spacial score (nSPS) is 11.1. The lowest BCUT2D eigenvalue weighted by Gasteiger charge is -2.14. The SMILES string of the molecule is C=CCNS(=O)(=O)c1ccc(NC(=S)NC(=O)c2cc(Br)ccc2OCCC(C)C)cc1. The Labute approximate surface area is 202 Å². The van der Waals surface area contributed by atoms with E-state index in [-0.39, 0.29) is 16.6 Å². The van der Waals surface area contributed by atoms with Crippen molar-refractivity contribution in [2.45, 2.75) is 25.2 Å². The van der Waals surface area contributed by atoms with Crippen LogP contribution in [0.25, 0.3) is 0 Å². The molecule has 0 saturated heterocycles. The summed E-state index contributed by atoms with van der Waals surface area (Å²) in [5, 5.41) is 5.57. The number of carbonyl (C=O) groups excluding carboxylic acids is 1. The van der Waals surface area contributed by atoms with Crippen molar-refractivity contribution in [3.63, 3.8) is 0 Å². The fourth-order valence-electron chi connectivity index (χ4n) is 2.51. The lowest BCUT2D eigenvalue weighted by atomic mass is 10.1. The van der Waals surface area contributed by atoms with Gasteiger partial charge in [-0.1, -0.05) is 35.9 Å². The van der Waals surface area contributed by atoms with E-state index in [2.05, 4.69) is 51.7 Å². The number of nitrogens with one attached hydrogen (secondary N) is 3. The van der Waals surface area contributed by atoms with E-state index in [0.29, 0.717) is 29.5 Å². The molecule has 0 radical (unpaired) electrons. The van der Waals surface area contributed by atoms with Crippen LogP contribution < -0.4 is 20.1 Å². The van der Waals surface area contributed by atoms with Crippen molar-refractivity contribution < 1.29 is 17.9 Å². The van der Waals surface area contributed by atoms with Crippen molar-refractivity contribution in [1.29, 1.82) is 0 Å². The first-order chi connectivity index (χ1) is 15.1. The van der Waals surface area contributed by atoms with Gasteiger partial charge in [-0.15, -0.1) is 6.58 Å². The Morgan fingerprint density at radius 2 is 1.91 bits per heavy atom. The van der Waals surface area contributed by atoms with Gasteiger partial charge in [-0.2, -0.15) is 0 Å². The Balaban J connectivity index is 2.03. The first kappa shape index (κ1) is 26.0. The Morgan fingerprint density at radius 1 is 1.22 bits per heavy atom. The second-order valence-corrected chi connectivity index (χ2v) is 10.3. The van der Waals surface area contributed by atoms with Crippen molar-refractivity contribution in [2.75, 3.05) is 18.5 Å². The van der Waals surface area contributed by atoms with Crippen molar-refractivity contribution in [2.24, 2.45) is 5.92 Å². The minimum Gasteiger partial charge on any atom is -0.493 e. The van der Waals surface area contributed by atoms with Gasteiger partial charge in [0, 0.05) is 16.7 Å². The van der Waals surface area contributed by atoms with Gasteiger partial charge in [0.25, 0.3) is 5.91 Å². The zero-order chi connectivity index (χ0) is 23.7. The lowest BCUT2D eigenvalue weighted by molar-refractivity contribution is 0.0973. The largest absolute Gasteiger partial charge is 0.493 e. The van der Waals surface area contributed by atoms with Crippen LogP contribution in [0.1, 0.15) is 30.6 Å². The van der Waals surface area contributed by atoms with Crippen LogP contribution >= 0.6 is 28.1 Å². The highest BCUT2D eigenvalue weighted by Crippen LogP contribution is 2.24. The number of thiocarbonyl (C=S) groups is 1. The average Bonchev–Trinajstić information content (AvgIpc) is 2.73. The van der Waals surface area contributed by atoms with Crippen molar-refractivity contribution >= 4 is 54.9 Å². The number of benzene rings is 2. The summed E-state index contributed by atoms with van der Waals surface area (Å²) in [4.78, 5) is 12.9. The zero-order valence-electron chi connectivity index (χ0n) is 17.9. The maximum Gasteiger partial charge on any atom is 0.261 e. The number of hydrogen-bond acceptors (Lipinski definition) is 5. The number of halogens is 1. The fourth-order valence-corrected chi connectivity index (χ4v) is 4.08. The van der Waals surface area contributed by atoms with E-state index in [1.807, 2.05) is 0 Å². The predicted octanol–water partition coefficient (Wildman–Crippen LogP) is 4.47. The molecule has 32 heavy (non-hydrogen) atoms. The Morgan fingerprint density at radius 3 is 2.53 bits per heavy atom. The molecule has 0 unspecified atom stereocenters. The van der Waals surface area contributed by atoms with Gasteiger partial charge in [0.05, 0.1) is 17.1 Å². The molecular weight excluding hydrogens is 514 g/mol. The van der Waals surface area contributed by atoms with Crippen LogP contribution in [0, 0.1) is 5.92 Å². The summed E-state index contributed by atoms with van der Waals surface area (Å²) < 4.78 is 33.2. The first-order valence-corrected chi connectivity index (χ1v) is 12.6. The molecule has 0 bridgehead atoms. The summed E-state index contributed by atoms with van der Waals surface area (Å²) in [6.45, 7) is 8.32. The van der Waals surface area contributed by atoms with Crippen molar-refractivity contribution in [1.82, 2.24) is 10.0 Å². The van der Waals surface area contributed by atoms with Gasteiger partial charge >= 0.3 is 0 Å². The lowest BCUT2D eigenvalue weighted by Crippen LogP contribution is -2.34. The van der Waals surface area contributed by atoms with E-state index in [9.17, 15) is 13.2 Å². The third kappa shape index (κ3) is 8.01. The summed E-state index contributed by atoms with van der Waals surface area (Å²) in [6, 6.07) is 11.2. The van der Waals surface area contributed by atoms with E-state index in [4.69, 9.17) is 17.0 Å². The summed E-state index contributed by atoms with van der Waals surface area (Å²) in [6.07, 6.45) is 2.33. The van der Waals surface area contributed by atoms with Crippen molar-refractivity contribution in [3.8, 4) is 5.75 Å². The standard InChI is InChI=1S/C22H26BrN3O4S2/c1-4-12-24-32(28,29)18-8-6-17(7-9-18)25-22(31)26-21(27)19-14-16(23)5-10-20(19)30-13-11-15(2)3/h4-10,14-15,24H,1,11-13H2,2-3H3,(H2,25,26,27,31). The molecule has 0 aromatic heterocycles. The molecule has 0 fully saturated rings. The van der Waals surface area contributed by atoms with Crippen LogP contribution in [-0.2, 0) is 10.0 Å². The highest BCUT2D eigenvalue weighted by Gasteiger charge is 2.16. The highest BCUT2D eigenvalue weighted by molar-refractivity contribution is 9.10. The van der Waals surface area contributed by atoms with E-state index in [0.717, 1.165) is 10.9 Å². The molecule has 2 aromatic carbocycles. The Hall–Kier alpha value is -2.27. The zero-order valence-corrected chi connectivity index (χ0v) is 21.1. The maximum atomic E-state index is 12.8. The van der Waals surface area contributed by atoms with Crippen LogP contribution in [0.3, 0.4) is 0 Å². The smallest absolute Gasteiger partial charge is 0.261 e. The summed E-state index contributed by atoms with van der Waals surface area (Å²) in [5.41, 5.74) is 0.877. The van der Waals surface area contributed by atoms with Gasteiger partial charge in [-0.25, -0.2) is 13.1 Å². The number of hydrogen-bond donors (Lipinski definition) is 3. The summed E-state index contributed by atoms with van der Waals surface area (Å²) >= 11 is 8.61. The maximum absolute atomic E-state index is 12.8. The third-order valence-corrected chi connectivity index (χ3v) is 6.34. The predicted molar refractivity (Wildman–Crippen MR) is 135 cm³/mol. The minimum absolute atomic E-state index is 0.0727. The minimum atomic E-state index is -3.61. The Bertz CT molecular complexity index is 1070. The van der Waals surface area contributed by atoms with Gasteiger partial charge in [0.1, 0.15) is 5.75 Å². The van der Waals surface area contributed by atoms with Crippen LogP contribution in [0.2, 0.25) is 0 Å². The summed E-state index contributed by atoms with van der Waals surface area (Å²) in [7, 11) is -3.61. The molecule has 172 valence electrons. The summed E-state index contributed by atoms with van der Waals surface area (Å²) in [5.74, 6) is 0.533. The molecular formula is C22H26BrN3O4S2. The third-order valence-electron chi connectivity index (χ3n) is 4.21. The van der Waals surface area contributed by atoms with Gasteiger partial charge in [-0.3, -0.25) is 10.1 Å². The highest BCUT2D eigenvalue weighted by atomic mass is 79.9. The second-order valence-electron chi connectivity index (χ2n) is 7.24. The quantitative estimate of drug-likeness (QED) is 0.304. The van der Waals surface area contributed by atoms with Crippen molar-refractivity contribution in [3.05, 3.63) is 65.2 Å². The molecule has 1 amide bonds. The van der Waals surface area contributed by atoms with E-state index >= 15 is 0 Å². The number of rotatable bonds is 10. The topological polar surface area (TPSA) is 96.5 Å². The number of anilines is 1. The Kier molecular flexibility index (Phi) is 9.83. The number of carbonyl (C=O) groups is 1. The van der Waals surface area contributed by atoms with Crippen LogP contribution in [-0.4, -0.2) is 32.6 Å². The first-order valence-electron chi connectivity index (χ1n) is 9.87. The van der Waals surface area contributed by atoms with Gasteiger partial charge in [0.2, 0.25) is 10.0 Å². The van der Waals surface area contributed by atoms with Gasteiger partial charge < -0.3 is 10.1 Å². The van der Waals surface area contributed by atoms with Crippen LogP contribution in [0.5, 0.6) is 5.75 Å². The van der Waals surface area contributed by atoms with Crippen LogP contribution in [0.4, 0.5) is 5.69 Å². The molecule has 0 atom stereocenters. The van der Waals surface area contributed by atoms with Gasteiger partial charge in [0.15, 0.2) is 5.11 Å². The van der Waals surface area contributed by atoms with E-state index in [1.165, 1.54) is 18.2 Å².